The highest BCUT2D eigenvalue weighted by Gasteiger charge is 2.34. The molecule has 1 aromatic rings. The summed E-state index contributed by atoms with van der Waals surface area (Å²) in [4.78, 5) is 13.7. The molecule has 1 aromatic heterocycles. The van der Waals surface area contributed by atoms with E-state index in [1.165, 1.54) is 0 Å². The quantitative estimate of drug-likeness (QED) is 0.729. The van der Waals surface area contributed by atoms with Gasteiger partial charge in [0.15, 0.2) is 0 Å². The zero-order chi connectivity index (χ0) is 14.6. The number of rotatable bonds is 6. The number of carbonyl (C=O) groups excluding carboxylic acids is 1. The largest absolute Gasteiger partial charge is 0.468 e. The lowest BCUT2D eigenvalue weighted by atomic mass is 9.80. The van der Waals surface area contributed by atoms with E-state index in [2.05, 4.69) is 10.6 Å². The second-order valence-corrected chi connectivity index (χ2v) is 5.64. The predicted octanol–water partition coefficient (Wildman–Crippen LogP) is 1.10. The van der Waals surface area contributed by atoms with E-state index in [0.717, 1.165) is 25.0 Å². The Hall–Kier alpha value is -1.53. The summed E-state index contributed by atoms with van der Waals surface area (Å²) in [5.41, 5.74) is -0.695. The van der Waals surface area contributed by atoms with Crippen LogP contribution in [0.25, 0.3) is 0 Å². The van der Waals surface area contributed by atoms with E-state index in [4.69, 9.17) is 4.42 Å². The minimum Gasteiger partial charge on any atom is -0.468 e. The van der Waals surface area contributed by atoms with Crippen molar-refractivity contribution in [2.75, 3.05) is 27.2 Å². The molecule has 2 amide bonds. The Bertz CT molecular complexity index is 427. The first-order valence-corrected chi connectivity index (χ1v) is 6.94. The number of urea groups is 1. The minimum absolute atomic E-state index is 0.0115. The van der Waals surface area contributed by atoms with Crippen molar-refractivity contribution in [1.82, 2.24) is 15.5 Å². The van der Waals surface area contributed by atoms with Crippen LogP contribution in [0.15, 0.2) is 22.8 Å². The number of nitrogens with zero attached hydrogens (tertiary/aromatic N) is 1. The minimum atomic E-state index is -0.695. The van der Waals surface area contributed by atoms with Crippen LogP contribution in [0.1, 0.15) is 31.1 Å². The maximum Gasteiger partial charge on any atom is 0.314 e. The highest BCUT2D eigenvalue weighted by molar-refractivity contribution is 5.73. The van der Waals surface area contributed by atoms with Crippen molar-refractivity contribution in [2.24, 2.45) is 0 Å². The van der Waals surface area contributed by atoms with Crippen LogP contribution in [0.2, 0.25) is 0 Å². The number of carbonyl (C=O) groups is 1. The van der Waals surface area contributed by atoms with E-state index in [1.54, 1.807) is 6.26 Å². The Morgan fingerprint density at radius 1 is 1.50 bits per heavy atom. The van der Waals surface area contributed by atoms with Crippen molar-refractivity contribution in [1.29, 1.82) is 0 Å². The number of likely N-dealkylation sites (N-methyl/N-ethyl adjacent to an activating group) is 1. The summed E-state index contributed by atoms with van der Waals surface area (Å²) in [7, 11) is 3.87. The summed E-state index contributed by atoms with van der Waals surface area (Å²) in [5, 5.41) is 15.4. The van der Waals surface area contributed by atoms with Crippen molar-refractivity contribution < 1.29 is 14.3 Å². The molecule has 0 bridgehead atoms. The first kappa shape index (κ1) is 14.9. The highest BCUT2D eigenvalue weighted by Crippen LogP contribution is 2.30. The predicted molar refractivity (Wildman–Crippen MR) is 75.3 cm³/mol. The van der Waals surface area contributed by atoms with E-state index < -0.39 is 5.60 Å². The van der Waals surface area contributed by atoms with Gasteiger partial charge in [0.25, 0.3) is 0 Å². The van der Waals surface area contributed by atoms with E-state index in [0.29, 0.717) is 13.1 Å². The zero-order valence-corrected chi connectivity index (χ0v) is 12.1. The number of amides is 2. The van der Waals surface area contributed by atoms with Crippen LogP contribution in [0.5, 0.6) is 0 Å². The Labute approximate surface area is 119 Å². The Morgan fingerprint density at radius 2 is 2.25 bits per heavy atom. The van der Waals surface area contributed by atoms with Gasteiger partial charge >= 0.3 is 6.03 Å². The Kier molecular flexibility index (Phi) is 4.67. The third-order valence-electron chi connectivity index (χ3n) is 3.81. The van der Waals surface area contributed by atoms with Crippen LogP contribution in [-0.4, -0.2) is 48.8 Å². The van der Waals surface area contributed by atoms with Crippen LogP contribution < -0.4 is 10.6 Å². The molecule has 0 spiro atoms. The van der Waals surface area contributed by atoms with Gasteiger partial charge in [0.05, 0.1) is 17.9 Å². The third kappa shape index (κ3) is 3.74. The normalized spacial score (nSPS) is 18.4. The number of hydrogen-bond donors (Lipinski definition) is 3. The summed E-state index contributed by atoms with van der Waals surface area (Å²) in [6.07, 6.45) is 4.18. The van der Waals surface area contributed by atoms with Crippen molar-refractivity contribution in [2.45, 2.75) is 30.9 Å². The number of furan rings is 1. The molecular formula is C14H23N3O3. The van der Waals surface area contributed by atoms with Crippen molar-refractivity contribution in [3.8, 4) is 0 Å². The maximum absolute atomic E-state index is 11.7. The summed E-state index contributed by atoms with van der Waals surface area (Å²) < 4.78 is 5.38. The van der Waals surface area contributed by atoms with Gasteiger partial charge in [-0.3, -0.25) is 4.90 Å². The summed E-state index contributed by atoms with van der Waals surface area (Å²) >= 11 is 0. The molecule has 0 radical (unpaired) electrons. The van der Waals surface area contributed by atoms with Gasteiger partial charge < -0.3 is 20.2 Å². The topological polar surface area (TPSA) is 77.7 Å². The fourth-order valence-corrected chi connectivity index (χ4v) is 2.28. The van der Waals surface area contributed by atoms with Gasteiger partial charge in [-0.1, -0.05) is 0 Å². The number of hydrogen-bond acceptors (Lipinski definition) is 4. The van der Waals surface area contributed by atoms with E-state index in [1.807, 2.05) is 31.1 Å². The Balaban J connectivity index is 1.76. The molecule has 0 saturated heterocycles. The van der Waals surface area contributed by atoms with Crippen molar-refractivity contribution >= 4 is 6.03 Å². The summed E-state index contributed by atoms with van der Waals surface area (Å²) in [6.45, 7) is 0.761. The van der Waals surface area contributed by atoms with Gasteiger partial charge in [-0.2, -0.15) is 0 Å². The molecule has 2 rings (SSSR count). The number of nitrogens with one attached hydrogen (secondary N) is 2. The molecule has 1 heterocycles. The van der Waals surface area contributed by atoms with Crippen LogP contribution in [0.4, 0.5) is 4.79 Å². The van der Waals surface area contributed by atoms with Gasteiger partial charge in [0.1, 0.15) is 5.76 Å². The van der Waals surface area contributed by atoms with Gasteiger partial charge in [-0.15, -0.1) is 0 Å². The van der Waals surface area contributed by atoms with Gasteiger partial charge in [-0.25, -0.2) is 4.79 Å². The standard InChI is InChI=1S/C14H23N3O3/c1-17(2)11(12-5-3-8-20-12)9-15-13(18)16-10-14(19)6-4-7-14/h3,5,8,11,19H,4,6-7,9-10H2,1-2H3,(H2,15,16,18). The smallest absolute Gasteiger partial charge is 0.314 e. The zero-order valence-electron chi connectivity index (χ0n) is 12.1. The summed E-state index contributed by atoms with van der Waals surface area (Å²) in [6, 6.07) is 3.45. The van der Waals surface area contributed by atoms with Crippen LogP contribution in [0, 0.1) is 0 Å². The molecule has 3 N–H and O–H groups in total. The fourth-order valence-electron chi connectivity index (χ4n) is 2.28. The molecule has 112 valence electrons. The third-order valence-corrected chi connectivity index (χ3v) is 3.81. The molecule has 1 aliphatic carbocycles. The molecule has 6 nitrogen and oxygen atoms in total. The van der Waals surface area contributed by atoms with E-state index in [-0.39, 0.29) is 12.1 Å². The number of aliphatic hydroxyl groups is 1. The second-order valence-electron chi connectivity index (χ2n) is 5.64. The molecule has 1 aliphatic rings. The molecule has 1 fully saturated rings. The van der Waals surface area contributed by atoms with Crippen LogP contribution in [0.3, 0.4) is 0 Å². The van der Waals surface area contributed by atoms with Gasteiger partial charge in [-0.05, 0) is 45.5 Å². The molecular weight excluding hydrogens is 258 g/mol. The lowest BCUT2D eigenvalue weighted by Gasteiger charge is -2.36. The van der Waals surface area contributed by atoms with E-state index in [9.17, 15) is 9.90 Å². The first-order chi connectivity index (χ1) is 9.50. The molecule has 1 saturated carbocycles. The molecule has 1 atom stereocenters. The highest BCUT2D eigenvalue weighted by atomic mass is 16.3. The van der Waals surface area contributed by atoms with Crippen LogP contribution in [-0.2, 0) is 0 Å². The Morgan fingerprint density at radius 3 is 2.75 bits per heavy atom. The van der Waals surface area contributed by atoms with Gasteiger partial charge in [0.2, 0.25) is 0 Å². The molecule has 1 unspecified atom stereocenters. The lowest BCUT2D eigenvalue weighted by molar-refractivity contribution is -0.0290. The fraction of sp³-hybridized carbons (Fsp3) is 0.643. The lowest BCUT2D eigenvalue weighted by Crippen LogP contribution is -2.50. The van der Waals surface area contributed by atoms with Crippen LogP contribution >= 0.6 is 0 Å². The van der Waals surface area contributed by atoms with Crippen molar-refractivity contribution in [3.05, 3.63) is 24.2 Å². The maximum atomic E-state index is 11.7. The summed E-state index contributed by atoms with van der Waals surface area (Å²) in [5.74, 6) is 0.813. The monoisotopic (exact) mass is 281 g/mol. The molecule has 20 heavy (non-hydrogen) atoms. The SMILES string of the molecule is CN(C)C(CNC(=O)NCC1(O)CCC1)c1ccco1. The molecule has 0 aromatic carbocycles. The van der Waals surface area contributed by atoms with E-state index >= 15 is 0 Å². The molecule has 6 heteroatoms. The average Bonchev–Trinajstić information content (AvgIpc) is 2.87. The first-order valence-electron chi connectivity index (χ1n) is 6.94. The van der Waals surface area contributed by atoms with Crippen molar-refractivity contribution in [3.63, 3.8) is 0 Å². The van der Waals surface area contributed by atoms with Gasteiger partial charge in [0, 0.05) is 13.1 Å². The molecule has 0 aliphatic heterocycles. The second kappa shape index (κ2) is 6.28. The average molecular weight is 281 g/mol.